The van der Waals surface area contributed by atoms with Crippen molar-refractivity contribution in [3.8, 4) is 11.8 Å². The van der Waals surface area contributed by atoms with Crippen molar-refractivity contribution in [2.45, 2.75) is 6.42 Å². The van der Waals surface area contributed by atoms with Crippen LogP contribution in [0.4, 0.5) is 0 Å². The van der Waals surface area contributed by atoms with E-state index in [0.29, 0.717) is 17.2 Å². The first-order valence-electron chi connectivity index (χ1n) is 4.09. The molecule has 0 saturated heterocycles. The Labute approximate surface area is 80.4 Å². The molecule has 0 unspecified atom stereocenters. The van der Waals surface area contributed by atoms with E-state index < -0.39 is 0 Å². The Hall–Kier alpha value is -2.09. The summed E-state index contributed by atoms with van der Waals surface area (Å²) >= 11 is 0. The standard InChI is InChI=1S/C9H8N4O/c1-14-6-4-7-9(11-5-6)13-8(12-7)2-3-10/h4-5H,2H2,1H3,(H,11,12,13). The van der Waals surface area contributed by atoms with Gasteiger partial charge in [0.2, 0.25) is 0 Å². The lowest BCUT2D eigenvalue weighted by atomic mass is 10.4. The van der Waals surface area contributed by atoms with Crippen molar-refractivity contribution in [2.24, 2.45) is 0 Å². The van der Waals surface area contributed by atoms with Gasteiger partial charge < -0.3 is 9.72 Å². The number of nitrogens with zero attached hydrogens (tertiary/aromatic N) is 3. The van der Waals surface area contributed by atoms with E-state index in [9.17, 15) is 0 Å². The monoisotopic (exact) mass is 188 g/mol. The van der Waals surface area contributed by atoms with Crippen molar-refractivity contribution in [3.05, 3.63) is 18.1 Å². The largest absolute Gasteiger partial charge is 0.495 e. The van der Waals surface area contributed by atoms with Gasteiger partial charge in [-0.15, -0.1) is 0 Å². The van der Waals surface area contributed by atoms with Crippen LogP contribution in [0.3, 0.4) is 0 Å². The molecular formula is C9H8N4O. The highest BCUT2D eigenvalue weighted by molar-refractivity contribution is 5.72. The molecular weight excluding hydrogens is 180 g/mol. The van der Waals surface area contributed by atoms with Gasteiger partial charge in [-0.05, 0) is 0 Å². The zero-order valence-electron chi connectivity index (χ0n) is 7.61. The maximum atomic E-state index is 8.49. The van der Waals surface area contributed by atoms with E-state index in [2.05, 4.69) is 15.0 Å². The molecule has 5 nitrogen and oxygen atoms in total. The molecule has 70 valence electrons. The highest BCUT2D eigenvalue weighted by Gasteiger charge is 2.04. The average molecular weight is 188 g/mol. The summed E-state index contributed by atoms with van der Waals surface area (Å²) in [4.78, 5) is 11.2. The van der Waals surface area contributed by atoms with E-state index >= 15 is 0 Å². The number of aromatic nitrogens is 3. The number of hydrogen-bond acceptors (Lipinski definition) is 4. The summed E-state index contributed by atoms with van der Waals surface area (Å²) in [6.07, 6.45) is 1.87. The van der Waals surface area contributed by atoms with Gasteiger partial charge in [-0.25, -0.2) is 9.97 Å². The zero-order valence-corrected chi connectivity index (χ0v) is 7.61. The fourth-order valence-electron chi connectivity index (χ4n) is 1.20. The van der Waals surface area contributed by atoms with E-state index in [-0.39, 0.29) is 6.42 Å². The second-order valence-electron chi connectivity index (χ2n) is 2.76. The first kappa shape index (κ1) is 8.51. The van der Waals surface area contributed by atoms with E-state index in [1.165, 1.54) is 0 Å². The molecule has 2 rings (SSSR count). The number of methoxy groups -OCH3 is 1. The highest BCUT2D eigenvalue weighted by atomic mass is 16.5. The molecule has 0 aliphatic carbocycles. The summed E-state index contributed by atoms with van der Waals surface area (Å²) in [7, 11) is 1.58. The molecule has 0 aliphatic rings. The Kier molecular flexibility index (Phi) is 2.03. The second kappa shape index (κ2) is 3.34. The summed E-state index contributed by atoms with van der Waals surface area (Å²) in [5.41, 5.74) is 1.39. The summed E-state index contributed by atoms with van der Waals surface area (Å²) in [5.74, 6) is 1.29. The van der Waals surface area contributed by atoms with Crippen molar-refractivity contribution >= 4 is 11.2 Å². The number of ether oxygens (including phenoxy) is 1. The summed E-state index contributed by atoms with van der Waals surface area (Å²) in [6, 6.07) is 3.80. The van der Waals surface area contributed by atoms with Crippen LogP contribution in [-0.2, 0) is 6.42 Å². The van der Waals surface area contributed by atoms with Crippen LogP contribution in [0, 0.1) is 11.3 Å². The number of H-pyrrole nitrogens is 1. The first-order chi connectivity index (χ1) is 6.83. The summed E-state index contributed by atoms with van der Waals surface area (Å²) < 4.78 is 5.01. The van der Waals surface area contributed by atoms with E-state index in [0.717, 1.165) is 5.52 Å². The minimum absolute atomic E-state index is 0.263. The van der Waals surface area contributed by atoms with Gasteiger partial charge in [0, 0.05) is 6.07 Å². The van der Waals surface area contributed by atoms with E-state index in [1.54, 1.807) is 19.4 Å². The fraction of sp³-hybridized carbons (Fsp3) is 0.222. The van der Waals surface area contributed by atoms with Gasteiger partial charge in [-0.2, -0.15) is 5.26 Å². The molecule has 1 N–H and O–H groups in total. The van der Waals surface area contributed by atoms with Gasteiger partial charge in [-0.3, -0.25) is 0 Å². The van der Waals surface area contributed by atoms with Crippen molar-refractivity contribution in [2.75, 3.05) is 7.11 Å². The minimum Gasteiger partial charge on any atom is -0.495 e. The molecule has 0 radical (unpaired) electrons. The average Bonchev–Trinajstić information content (AvgIpc) is 2.59. The lowest BCUT2D eigenvalue weighted by Crippen LogP contribution is -1.84. The molecule has 14 heavy (non-hydrogen) atoms. The number of pyridine rings is 1. The fourth-order valence-corrected chi connectivity index (χ4v) is 1.20. The number of nitrogens with one attached hydrogen (secondary N) is 1. The molecule has 2 heterocycles. The smallest absolute Gasteiger partial charge is 0.157 e. The van der Waals surface area contributed by atoms with Crippen molar-refractivity contribution in [1.29, 1.82) is 5.26 Å². The van der Waals surface area contributed by atoms with Crippen LogP contribution in [0.2, 0.25) is 0 Å². The Bertz CT molecular complexity index is 497. The third-order valence-electron chi connectivity index (χ3n) is 1.84. The van der Waals surface area contributed by atoms with E-state index in [4.69, 9.17) is 10.00 Å². The van der Waals surface area contributed by atoms with Gasteiger partial charge in [0.1, 0.15) is 17.1 Å². The maximum absolute atomic E-state index is 8.49. The highest BCUT2D eigenvalue weighted by Crippen LogP contribution is 2.15. The van der Waals surface area contributed by atoms with Gasteiger partial charge in [0.25, 0.3) is 0 Å². The number of rotatable bonds is 2. The van der Waals surface area contributed by atoms with Gasteiger partial charge in [0.05, 0.1) is 25.8 Å². The quantitative estimate of drug-likeness (QED) is 0.763. The lowest BCUT2D eigenvalue weighted by molar-refractivity contribution is 0.413. The Morgan fingerprint density at radius 2 is 2.50 bits per heavy atom. The summed E-state index contributed by atoms with van der Waals surface area (Å²) in [6.45, 7) is 0. The zero-order chi connectivity index (χ0) is 9.97. The molecule has 0 fully saturated rings. The van der Waals surface area contributed by atoms with Crippen LogP contribution in [0.1, 0.15) is 5.82 Å². The number of fused-ring (bicyclic) bond motifs is 1. The van der Waals surface area contributed by atoms with Crippen LogP contribution < -0.4 is 4.74 Å². The predicted octanol–water partition coefficient (Wildman–Crippen LogP) is 1.03. The normalized spacial score (nSPS) is 10.0. The Balaban J connectivity index is 2.50. The number of aromatic amines is 1. The SMILES string of the molecule is COc1cnc2[nH]c(CC#N)nc2c1. The van der Waals surface area contributed by atoms with Gasteiger partial charge in [0.15, 0.2) is 5.65 Å². The molecule has 0 spiro atoms. The summed E-state index contributed by atoms with van der Waals surface area (Å²) in [5, 5.41) is 8.49. The molecule has 0 aliphatic heterocycles. The number of hydrogen-bond donors (Lipinski definition) is 1. The molecule has 0 amide bonds. The minimum atomic E-state index is 0.263. The molecule has 2 aromatic heterocycles. The predicted molar refractivity (Wildman–Crippen MR) is 49.8 cm³/mol. The molecule has 2 aromatic rings. The topological polar surface area (TPSA) is 74.6 Å². The molecule has 0 atom stereocenters. The lowest BCUT2D eigenvalue weighted by Gasteiger charge is -1.95. The van der Waals surface area contributed by atoms with Crippen LogP contribution in [0.5, 0.6) is 5.75 Å². The molecule has 0 bridgehead atoms. The van der Waals surface area contributed by atoms with Crippen LogP contribution in [-0.4, -0.2) is 22.1 Å². The third kappa shape index (κ3) is 1.38. The molecule has 0 aromatic carbocycles. The number of imidazole rings is 1. The van der Waals surface area contributed by atoms with Gasteiger partial charge in [-0.1, -0.05) is 0 Å². The number of nitriles is 1. The van der Waals surface area contributed by atoms with Crippen LogP contribution >= 0.6 is 0 Å². The Morgan fingerprint density at radius 1 is 1.64 bits per heavy atom. The Morgan fingerprint density at radius 3 is 3.21 bits per heavy atom. The van der Waals surface area contributed by atoms with Gasteiger partial charge >= 0.3 is 0 Å². The molecule has 5 heteroatoms. The third-order valence-corrected chi connectivity index (χ3v) is 1.84. The second-order valence-corrected chi connectivity index (χ2v) is 2.76. The first-order valence-corrected chi connectivity index (χ1v) is 4.09. The maximum Gasteiger partial charge on any atom is 0.157 e. The van der Waals surface area contributed by atoms with Crippen LogP contribution in [0.15, 0.2) is 12.3 Å². The van der Waals surface area contributed by atoms with E-state index in [1.807, 2.05) is 6.07 Å². The molecule has 0 saturated carbocycles. The van der Waals surface area contributed by atoms with Crippen molar-refractivity contribution in [1.82, 2.24) is 15.0 Å². The van der Waals surface area contributed by atoms with Crippen molar-refractivity contribution in [3.63, 3.8) is 0 Å². The van der Waals surface area contributed by atoms with Crippen molar-refractivity contribution < 1.29 is 4.74 Å². The van der Waals surface area contributed by atoms with Crippen LogP contribution in [0.25, 0.3) is 11.2 Å².